The highest BCUT2D eigenvalue weighted by atomic mass is 19.1. The lowest BCUT2D eigenvalue weighted by Crippen LogP contribution is -2.31. The van der Waals surface area contributed by atoms with E-state index in [0.717, 1.165) is 36.5 Å². The zero-order chi connectivity index (χ0) is 18.3. The standard InChI is InChI=1S/C20H19F2N3O/c21-14-7-13-8-18(24-19(13)16(22)9-14)20(26)25-17-3-1-2-12-6-11(10-23)4-5-15(12)17/h4-9,17,24H,1-3,10,23H2,(H,25,26). The van der Waals surface area contributed by atoms with Gasteiger partial charge in [0.2, 0.25) is 0 Å². The van der Waals surface area contributed by atoms with Gasteiger partial charge in [-0.1, -0.05) is 18.2 Å². The molecular formula is C20H19F2N3O. The predicted molar refractivity (Wildman–Crippen MR) is 95.7 cm³/mol. The lowest BCUT2D eigenvalue weighted by Gasteiger charge is -2.26. The number of hydrogen-bond acceptors (Lipinski definition) is 2. The molecule has 6 heteroatoms. The Kier molecular flexibility index (Phi) is 4.20. The van der Waals surface area contributed by atoms with Gasteiger partial charge in [-0.05, 0) is 48.1 Å². The Balaban J connectivity index is 1.60. The van der Waals surface area contributed by atoms with Crippen molar-refractivity contribution in [2.45, 2.75) is 31.8 Å². The maximum absolute atomic E-state index is 13.8. The Morgan fingerprint density at radius 2 is 2.08 bits per heavy atom. The maximum Gasteiger partial charge on any atom is 0.268 e. The molecule has 4 N–H and O–H groups in total. The van der Waals surface area contributed by atoms with Gasteiger partial charge in [-0.15, -0.1) is 0 Å². The number of carbonyl (C=O) groups excluding carboxylic acids is 1. The van der Waals surface area contributed by atoms with Crippen molar-refractivity contribution in [1.29, 1.82) is 0 Å². The van der Waals surface area contributed by atoms with Crippen molar-refractivity contribution in [3.8, 4) is 0 Å². The molecule has 0 saturated heterocycles. The lowest BCUT2D eigenvalue weighted by atomic mass is 9.86. The summed E-state index contributed by atoms with van der Waals surface area (Å²) in [5, 5.41) is 3.34. The SMILES string of the molecule is NCc1ccc2c(c1)CCCC2NC(=O)c1cc2cc(F)cc(F)c2[nH]1. The van der Waals surface area contributed by atoms with Crippen molar-refractivity contribution < 1.29 is 13.6 Å². The molecule has 4 rings (SSSR count). The van der Waals surface area contributed by atoms with Gasteiger partial charge in [0.05, 0.1) is 11.6 Å². The monoisotopic (exact) mass is 355 g/mol. The van der Waals surface area contributed by atoms with Crippen molar-refractivity contribution in [3.63, 3.8) is 0 Å². The second kappa shape index (κ2) is 6.53. The largest absolute Gasteiger partial charge is 0.348 e. The van der Waals surface area contributed by atoms with E-state index in [1.165, 1.54) is 17.7 Å². The van der Waals surface area contributed by atoms with E-state index in [0.29, 0.717) is 11.9 Å². The van der Waals surface area contributed by atoms with E-state index in [1.807, 2.05) is 12.1 Å². The number of aromatic nitrogens is 1. The van der Waals surface area contributed by atoms with Gasteiger partial charge in [0.25, 0.3) is 5.91 Å². The number of nitrogens with two attached hydrogens (primary N) is 1. The van der Waals surface area contributed by atoms with Crippen LogP contribution in [0, 0.1) is 11.6 Å². The fourth-order valence-electron chi connectivity index (χ4n) is 3.67. The number of nitrogens with one attached hydrogen (secondary N) is 2. The molecule has 0 spiro atoms. The highest BCUT2D eigenvalue weighted by Gasteiger charge is 2.23. The number of carbonyl (C=O) groups is 1. The second-order valence-corrected chi connectivity index (χ2v) is 6.69. The van der Waals surface area contributed by atoms with Crippen LogP contribution in [0.2, 0.25) is 0 Å². The molecule has 2 aromatic carbocycles. The normalized spacial score (nSPS) is 16.5. The molecule has 4 nitrogen and oxygen atoms in total. The van der Waals surface area contributed by atoms with Crippen molar-refractivity contribution in [2.75, 3.05) is 0 Å². The minimum Gasteiger partial charge on any atom is -0.348 e. The second-order valence-electron chi connectivity index (χ2n) is 6.69. The molecule has 0 radical (unpaired) electrons. The van der Waals surface area contributed by atoms with Gasteiger partial charge in [0.15, 0.2) is 0 Å². The Labute approximate surface area is 149 Å². The van der Waals surface area contributed by atoms with E-state index in [9.17, 15) is 13.6 Å². The van der Waals surface area contributed by atoms with E-state index in [-0.39, 0.29) is 23.2 Å². The van der Waals surface area contributed by atoms with Crippen LogP contribution in [0.1, 0.15) is 46.1 Å². The van der Waals surface area contributed by atoms with Crippen LogP contribution in [0.5, 0.6) is 0 Å². The van der Waals surface area contributed by atoms with Crippen LogP contribution in [0.25, 0.3) is 10.9 Å². The van der Waals surface area contributed by atoms with E-state index in [1.54, 1.807) is 0 Å². The molecule has 0 aliphatic heterocycles. The summed E-state index contributed by atoms with van der Waals surface area (Å²) < 4.78 is 27.2. The summed E-state index contributed by atoms with van der Waals surface area (Å²) in [7, 11) is 0. The number of H-pyrrole nitrogens is 1. The number of aromatic amines is 1. The molecule has 0 saturated carbocycles. The summed E-state index contributed by atoms with van der Waals surface area (Å²) in [6.45, 7) is 0.488. The molecule has 0 bridgehead atoms. The summed E-state index contributed by atoms with van der Waals surface area (Å²) in [4.78, 5) is 15.4. The van der Waals surface area contributed by atoms with Crippen molar-refractivity contribution in [3.05, 3.63) is 70.4 Å². The van der Waals surface area contributed by atoms with Gasteiger partial charge in [-0.25, -0.2) is 8.78 Å². The first-order valence-corrected chi connectivity index (χ1v) is 8.65. The lowest BCUT2D eigenvalue weighted by molar-refractivity contribution is 0.0928. The predicted octanol–water partition coefficient (Wildman–Crippen LogP) is 3.71. The highest BCUT2D eigenvalue weighted by Crippen LogP contribution is 2.31. The molecule has 26 heavy (non-hydrogen) atoms. The highest BCUT2D eigenvalue weighted by molar-refractivity contribution is 5.98. The number of benzene rings is 2. The Hall–Kier alpha value is -2.73. The van der Waals surface area contributed by atoms with Crippen LogP contribution in [0.4, 0.5) is 8.78 Å². The number of hydrogen-bond donors (Lipinski definition) is 3. The molecule has 1 aliphatic rings. The Morgan fingerprint density at radius 1 is 1.23 bits per heavy atom. The molecule has 134 valence electrons. The summed E-state index contributed by atoms with van der Waals surface area (Å²) in [6.07, 6.45) is 2.77. The molecule has 1 atom stereocenters. The van der Waals surface area contributed by atoms with Crippen molar-refractivity contribution in [2.24, 2.45) is 5.73 Å². The third kappa shape index (κ3) is 2.97. The summed E-state index contributed by atoms with van der Waals surface area (Å²) in [6, 6.07) is 9.45. The third-order valence-electron chi connectivity index (χ3n) is 4.95. The van der Waals surface area contributed by atoms with Crippen LogP contribution in [-0.2, 0) is 13.0 Å². The van der Waals surface area contributed by atoms with E-state index >= 15 is 0 Å². The zero-order valence-electron chi connectivity index (χ0n) is 14.1. The molecular weight excluding hydrogens is 336 g/mol. The number of aryl methyl sites for hydroxylation is 1. The smallest absolute Gasteiger partial charge is 0.268 e. The minimum absolute atomic E-state index is 0.105. The topological polar surface area (TPSA) is 70.9 Å². The number of rotatable bonds is 3. The molecule has 3 aromatic rings. The van der Waals surface area contributed by atoms with Crippen LogP contribution >= 0.6 is 0 Å². The van der Waals surface area contributed by atoms with Gasteiger partial charge in [-0.2, -0.15) is 0 Å². The summed E-state index contributed by atoms with van der Waals surface area (Å²) >= 11 is 0. The van der Waals surface area contributed by atoms with Gasteiger partial charge in [0, 0.05) is 18.0 Å². The van der Waals surface area contributed by atoms with Crippen LogP contribution < -0.4 is 11.1 Å². The zero-order valence-corrected chi connectivity index (χ0v) is 14.1. The number of amides is 1. The van der Waals surface area contributed by atoms with Gasteiger partial charge in [-0.3, -0.25) is 4.79 Å². The molecule has 1 unspecified atom stereocenters. The molecule has 1 amide bonds. The van der Waals surface area contributed by atoms with Gasteiger partial charge < -0.3 is 16.0 Å². The fourth-order valence-corrected chi connectivity index (χ4v) is 3.67. The Bertz CT molecular complexity index is 996. The molecule has 1 aromatic heterocycles. The van der Waals surface area contributed by atoms with Gasteiger partial charge in [0.1, 0.15) is 17.3 Å². The summed E-state index contributed by atoms with van der Waals surface area (Å²) in [5.41, 5.74) is 9.42. The molecule has 1 heterocycles. The quantitative estimate of drug-likeness (QED) is 0.670. The minimum atomic E-state index is -0.712. The number of halogens is 2. The summed E-state index contributed by atoms with van der Waals surface area (Å²) in [5.74, 6) is -1.71. The maximum atomic E-state index is 13.8. The first-order chi connectivity index (χ1) is 12.5. The van der Waals surface area contributed by atoms with Crippen molar-refractivity contribution >= 4 is 16.8 Å². The van der Waals surface area contributed by atoms with E-state index < -0.39 is 11.6 Å². The molecule has 1 aliphatic carbocycles. The van der Waals surface area contributed by atoms with E-state index in [2.05, 4.69) is 16.4 Å². The number of fused-ring (bicyclic) bond motifs is 2. The van der Waals surface area contributed by atoms with E-state index in [4.69, 9.17) is 5.73 Å². The Morgan fingerprint density at radius 3 is 2.88 bits per heavy atom. The molecule has 0 fully saturated rings. The van der Waals surface area contributed by atoms with Crippen LogP contribution in [0.3, 0.4) is 0 Å². The first kappa shape index (κ1) is 16.7. The van der Waals surface area contributed by atoms with Gasteiger partial charge >= 0.3 is 0 Å². The first-order valence-electron chi connectivity index (χ1n) is 8.65. The average molecular weight is 355 g/mol. The third-order valence-corrected chi connectivity index (χ3v) is 4.95. The van der Waals surface area contributed by atoms with Crippen molar-refractivity contribution in [1.82, 2.24) is 10.3 Å². The fraction of sp³-hybridized carbons (Fsp3) is 0.250. The van der Waals surface area contributed by atoms with Crippen LogP contribution in [0.15, 0.2) is 36.4 Å². The average Bonchev–Trinajstić information content (AvgIpc) is 3.06. The van der Waals surface area contributed by atoms with Crippen LogP contribution in [-0.4, -0.2) is 10.9 Å².